The Hall–Kier alpha value is -1.32. The van der Waals surface area contributed by atoms with Crippen LogP contribution in [0.2, 0.25) is 0 Å². The Labute approximate surface area is 89.3 Å². The second-order valence-corrected chi connectivity index (χ2v) is 3.89. The molecule has 2 heterocycles. The van der Waals surface area contributed by atoms with Crippen LogP contribution in [0.3, 0.4) is 0 Å². The first-order valence-corrected chi connectivity index (χ1v) is 5.28. The highest BCUT2D eigenvalue weighted by atomic mass is 16.3. The molecular formula is C11H15N2O2. The van der Waals surface area contributed by atoms with Crippen molar-refractivity contribution in [1.82, 2.24) is 9.88 Å². The summed E-state index contributed by atoms with van der Waals surface area (Å²) >= 11 is 0. The molecule has 1 radical (unpaired) electrons. The first-order valence-electron chi connectivity index (χ1n) is 5.28. The lowest BCUT2D eigenvalue weighted by Crippen LogP contribution is -2.38. The largest absolute Gasteiger partial charge is 0.438 e. The molecule has 0 atom stereocenters. The smallest absolute Gasteiger partial charge is 0.291 e. The van der Waals surface area contributed by atoms with Crippen molar-refractivity contribution in [3.05, 3.63) is 25.3 Å². The molecule has 0 spiro atoms. The maximum Gasteiger partial charge on any atom is 0.291 e. The van der Waals surface area contributed by atoms with Gasteiger partial charge in [0, 0.05) is 13.1 Å². The van der Waals surface area contributed by atoms with Gasteiger partial charge in [0.1, 0.15) is 0 Å². The average molecular weight is 207 g/mol. The van der Waals surface area contributed by atoms with Crippen molar-refractivity contribution in [3.63, 3.8) is 0 Å². The second kappa shape index (κ2) is 4.47. The number of hydrogen-bond acceptors (Lipinski definition) is 3. The van der Waals surface area contributed by atoms with E-state index in [1.165, 1.54) is 12.6 Å². The van der Waals surface area contributed by atoms with E-state index in [4.69, 9.17) is 4.42 Å². The third-order valence-electron chi connectivity index (χ3n) is 2.95. The van der Waals surface area contributed by atoms with Crippen molar-refractivity contribution in [2.45, 2.75) is 19.3 Å². The molecule has 15 heavy (non-hydrogen) atoms. The van der Waals surface area contributed by atoms with E-state index >= 15 is 0 Å². The van der Waals surface area contributed by atoms with Crippen LogP contribution in [0.4, 0.5) is 0 Å². The number of nitrogens with zero attached hydrogens (tertiary/aromatic N) is 2. The van der Waals surface area contributed by atoms with Crippen molar-refractivity contribution in [1.29, 1.82) is 0 Å². The van der Waals surface area contributed by atoms with E-state index in [0.717, 1.165) is 32.4 Å². The zero-order chi connectivity index (χ0) is 10.7. The molecule has 0 N–H and O–H groups in total. The summed E-state index contributed by atoms with van der Waals surface area (Å²) in [6.45, 7) is 5.51. The highest BCUT2D eigenvalue weighted by Gasteiger charge is 2.24. The molecule has 4 heteroatoms. The minimum absolute atomic E-state index is 0.0463. The number of hydrogen-bond donors (Lipinski definition) is 0. The van der Waals surface area contributed by atoms with Crippen LogP contribution < -0.4 is 0 Å². The molecule has 0 unspecified atom stereocenters. The van der Waals surface area contributed by atoms with E-state index in [0.29, 0.717) is 11.7 Å². The number of likely N-dealkylation sites (tertiary alicyclic amines) is 1. The molecular weight excluding hydrogens is 192 g/mol. The summed E-state index contributed by atoms with van der Waals surface area (Å²) in [4.78, 5) is 17.4. The molecule has 2 rings (SSSR count). The number of carbonyl (C=O) groups excluding carboxylic acids is 1. The lowest BCUT2D eigenvalue weighted by atomic mass is 9.94. The van der Waals surface area contributed by atoms with Gasteiger partial charge in [-0.05, 0) is 18.8 Å². The molecule has 0 aromatic carbocycles. The molecule has 0 aliphatic carbocycles. The van der Waals surface area contributed by atoms with Crippen LogP contribution in [0.25, 0.3) is 0 Å². The predicted octanol–water partition coefficient (Wildman–Crippen LogP) is 1.75. The van der Waals surface area contributed by atoms with Crippen LogP contribution >= 0.6 is 0 Å². The van der Waals surface area contributed by atoms with E-state index in [-0.39, 0.29) is 5.91 Å². The summed E-state index contributed by atoms with van der Waals surface area (Å²) in [6, 6.07) is 0. The quantitative estimate of drug-likeness (QED) is 0.742. The van der Waals surface area contributed by atoms with Gasteiger partial charge in [-0.25, -0.2) is 4.98 Å². The average Bonchev–Trinajstić information content (AvgIpc) is 2.82. The van der Waals surface area contributed by atoms with Crippen molar-refractivity contribution in [3.8, 4) is 0 Å². The molecule has 1 amide bonds. The van der Waals surface area contributed by atoms with E-state index < -0.39 is 0 Å². The van der Waals surface area contributed by atoms with Crippen molar-refractivity contribution in [2.24, 2.45) is 5.92 Å². The highest BCUT2D eigenvalue weighted by Crippen LogP contribution is 2.20. The monoisotopic (exact) mass is 207 g/mol. The molecule has 1 aromatic heterocycles. The molecule has 4 nitrogen and oxygen atoms in total. The summed E-state index contributed by atoms with van der Waals surface area (Å²) in [6.07, 6.45) is 5.81. The van der Waals surface area contributed by atoms with Gasteiger partial charge in [0.25, 0.3) is 5.91 Å². The molecule has 1 aromatic rings. The van der Waals surface area contributed by atoms with Gasteiger partial charge in [-0.1, -0.05) is 13.3 Å². The number of oxazole rings is 1. The zero-order valence-corrected chi connectivity index (χ0v) is 8.69. The van der Waals surface area contributed by atoms with E-state index in [2.05, 4.69) is 11.9 Å². The minimum Gasteiger partial charge on any atom is -0.438 e. The standard InChI is InChI=1S/C11H15N2O2/c1-2-9-3-5-13(6-4-9)11(14)10-7-12-8-15-10/h7-9H,1-6H2. The van der Waals surface area contributed by atoms with Crippen LogP contribution in [-0.2, 0) is 0 Å². The first kappa shape index (κ1) is 10.2. The van der Waals surface area contributed by atoms with Crippen LogP contribution in [0, 0.1) is 12.8 Å². The normalized spacial score (nSPS) is 18.1. The van der Waals surface area contributed by atoms with Gasteiger partial charge in [-0.2, -0.15) is 0 Å². The number of amides is 1. The molecule has 0 saturated carbocycles. The van der Waals surface area contributed by atoms with Gasteiger partial charge in [-0.3, -0.25) is 4.79 Å². The van der Waals surface area contributed by atoms with E-state index in [9.17, 15) is 4.79 Å². The Morgan fingerprint density at radius 2 is 2.33 bits per heavy atom. The first-order chi connectivity index (χ1) is 7.31. The summed E-state index contributed by atoms with van der Waals surface area (Å²) in [5, 5.41) is 0. The van der Waals surface area contributed by atoms with Crippen LogP contribution in [0.15, 0.2) is 17.0 Å². The topological polar surface area (TPSA) is 46.3 Å². The Morgan fingerprint density at radius 1 is 1.60 bits per heavy atom. The maximum atomic E-state index is 11.8. The highest BCUT2D eigenvalue weighted by molar-refractivity contribution is 5.91. The Bertz CT molecular complexity index is 313. The van der Waals surface area contributed by atoms with Gasteiger partial charge < -0.3 is 9.32 Å². The number of rotatable bonds is 2. The Kier molecular flexibility index (Phi) is 3.04. The van der Waals surface area contributed by atoms with Gasteiger partial charge in [0.2, 0.25) is 5.76 Å². The zero-order valence-electron chi connectivity index (χ0n) is 8.69. The summed E-state index contributed by atoms with van der Waals surface area (Å²) in [5.41, 5.74) is 0. The molecule has 0 bridgehead atoms. The fourth-order valence-electron chi connectivity index (χ4n) is 1.90. The summed E-state index contributed by atoms with van der Waals surface area (Å²) in [5.74, 6) is 0.960. The van der Waals surface area contributed by atoms with Crippen LogP contribution in [-0.4, -0.2) is 28.9 Å². The number of piperidine rings is 1. The fourth-order valence-corrected chi connectivity index (χ4v) is 1.90. The lowest BCUT2D eigenvalue weighted by molar-refractivity contribution is 0.0659. The molecule has 1 saturated heterocycles. The summed E-state index contributed by atoms with van der Waals surface area (Å²) < 4.78 is 4.99. The van der Waals surface area contributed by atoms with Crippen LogP contribution in [0.1, 0.15) is 29.8 Å². The maximum absolute atomic E-state index is 11.8. The van der Waals surface area contributed by atoms with Crippen molar-refractivity contribution >= 4 is 5.91 Å². The third kappa shape index (κ3) is 2.19. The minimum atomic E-state index is -0.0463. The number of aromatic nitrogens is 1. The van der Waals surface area contributed by atoms with Gasteiger partial charge >= 0.3 is 0 Å². The lowest BCUT2D eigenvalue weighted by Gasteiger charge is -2.30. The third-order valence-corrected chi connectivity index (χ3v) is 2.95. The van der Waals surface area contributed by atoms with Crippen molar-refractivity contribution in [2.75, 3.05) is 13.1 Å². The van der Waals surface area contributed by atoms with Crippen LogP contribution in [0.5, 0.6) is 0 Å². The van der Waals surface area contributed by atoms with Gasteiger partial charge in [0.05, 0.1) is 6.20 Å². The molecule has 1 fully saturated rings. The van der Waals surface area contributed by atoms with E-state index in [1.807, 2.05) is 4.90 Å². The molecule has 1 aliphatic rings. The number of carbonyl (C=O) groups is 1. The van der Waals surface area contributed by atoms with E-state index in [1.54, 1.807) is 0 Å². The second-order valence-electron chi connectivity index (χ2n) is 3.89. The predicted molar refractivity (Wildman–Crippen MR) is 55.1 cm³/mol. The molecule has 81 valence electrons. The van der Waals surface area contributed by atoms with Crippen molar-refractivity contribution < 1.29 is 9.21 Å². The van der Waals surface area contributed by atoms with Gasteiger partial charge in [0.15, 0.2) is 6.39 Å². The molecule has 1 aliphatic heterocycles. The SMILES string of the molecule is [CH2]CC1CCN(C(=O)c2cnco2)CC1. The van der Waals surface area contributed by atoms with Gasteiger partial charge in [-0.15, -0.1) is 0 Å². The Balaban J connectivity index is 1.93. The summed E-state index contributed by atoms with van der Waals surface area (Å²) in [7, 11) is 0. The Morgan fingerprint density at radius 3 is 2.87 bits per heavy atom. The fraction of sp³-hybridized carbons (Fsp3) is 0.545.